The number of nitrogens with zero attached hydrogens (tertiary/aromatic N) is 4. The number of rotatable bonds is 10. The lowest BCUT2D eigenvalue weighted by atomic mass is 10.2. The molecule has 0 saturated heterocycles. The molecule has 0 fully saturated rings. The van der Waals surface area contributed by atoms with Crippen LogP contribution in [-0.2, 0) is 24.3 Å². The molecular weight excluding hydrogens is 398 g/mol. The van der Waals surface area contributed by atoms with Crippen LogP contribution in [0.4, 0.5) is 5.69 Å². The van der Waals surface area contributed by atoms with E-state index in [2.05, 4.69) is 29.2 Å². The third-order valence-electron chi connectivity index (χ3n) is 5.58. The molecule has 9 nitrogen and oxygen atoms in total. The fraction of sp³-hybridized carbons (Fsp3) is 0.591. The van der Waals surface area contributed by atoms with Gasteiger partial charge in [-0.15, -0.1) is 0 Å². The number of carbonyl (C=O) groups excluding carboxylic acids is 1. The number of amides is 1. The predicted molar refractivity (Wildman–Crippen MR) is 119 cm³/mol. The summed E-state index contributed by atoms with van der Waals surface area (Å²) in [5.74, 6) is 1.63. The number of carbonyl (C=O) groups is 1. The molecule has 1 amide bonds. The van der Waals surface area contributed by atoms with Gasteiger partial charge in [-0.05, 0) is 38.1 Å². The lowest BCUT2D eigenvalue weighted by molar-refractivity contribution is -0.117. The van der Waals surface area contributed by atoms with Crippen molar-refractivity contribution in [2.45, 2.75) is 52.6 Å². The van der Waals surface area contributed by atoms with Crippen LogP contribution in [-0.4, -0.2) is 58.5 Å². The van der Waals surface area contributed by atoms with Gasteiger partial charge >= 0.3 is 5.69 Å². The van der Waals surface area contributed by atoms with E-state index in [0.717, 1.165) is 51.1 Å². The number of hydrogen-bond acceptors (Lipinski definition) is 6. The zero-order valence-electron chi connectivity index (χ0n) is 18.7. The van der Waals surface area contributed by atoms with Gasteiger partial charge in [0.15, 0.2) is 11.5 Å². The summed E-state index contributed by atoms with van der Waals surface area (Å²) < 4.78 is 14.2. The van der Waals surface area contributed by atoms with Gasteiger partial charge in [-0.1, -0.05) is 20.3 Å². The SMILES string of the molecule is CCN(CC)CCOc1cc(NC(=O)Cn2nc3n(c2=O)CCCCC3)ccc1OC. The summed E-state index contributed by atoms with van der Waals surface area (Å²) in [6, 6.07) is 5.25. The minimum Gasteiger partial charge on any atom is -0.493 e. The molecule has 0 aliphatic carbocycles. The molecule has 9 heteroatoms. The number of aromatic nitrogens is 3. The normalized spacial score (nSPS) is 13.5. The Morgan fingerprint density at radius 3 is 2.74 bits per heavy atom. The number of likely N-dealkylation sites (N-methyl/N-ethyl adjacent to an activating group) is 1. The summed E-state index contributed by atoms with van der Waals surface area (Å²) in [6.07, 6.45) is 3.86. The molecule has 0 spiro atoms. The van der Waals surface area contributed by atoms with Gasteiger partial charge in [0.2, 0.25) is 5.91 Å². The highest BCUT2D eigenvalue weighted by Gasteiger charge is 2.17. The zero-order chi connectivity index (χ0) is 22.2. The first kappa shape index (κ1) is 22.9. The van der Waals surface area contributed by atoms with Crippen LogP contribution in [0.2, 0.25) is 0 Å². The minimum absolute atomic E-state index is 0.122. The number of anilines is 1. The number of ether oxygens (including phenoxy) is 2. The molecule has 3 rings (SSSR count). The highest BCUT2D eigenvalue weighted by Crippen LogP contribution is 2.30. The van der Waals surface area contributed by atoms with Crippen LogP contribution in [0.5, 0.6) is 11.5 Å². The van der Waals surface area contributed by atoms with Gasteiger partial charge in [0.25, 0.3) is 0 Å². The minimum atomic E-state index is -0.311. The summed E-state index contributed by atoms with van der Waals surface area (Å²) in [4.78, 5) is 27.4. The van der Waals surface area contributed by atoms with Crippen LogP contribution in [0.3, 0.4) is 0 Å². The van der Waals surface area contributed by atoms with Crippen molar-refractivity contribution in [3.05, 3.63) is 34.5 Å². The topological polar surface area (TPSA) is 90.6 Å². The fourth-order valence-electron chi connectivity index (χ4n) is 3.76. The van der Waals surface area contributed by atoms with E-state index in [4.69, 9.17) is 9.47 Å². The van der Waals surface area contributed by atoms with Crippen LogP contribution < -0.4 is 20.5 Å². The van der Waals surface area contributed by atoms with Crippen LogP contribution in [0.1, 0.15) is 38.9 Å². The predicted octanol–water partition coefficient (Wildman–Crippen LogP) is 2.14. The average Bonchev–Trinajstić information content (AvgIpc) is 2.93. The van der Waals surface area contributed by atoms with E-state index in [9.17, 15) is 9.59 Å². The van der Waals surface area contributed by atoms with Gasteiger partial charge in [-0.25, -0.2) is 9.48 Å². The number of benzene rings is 1. The number of nitrogens with one attached hydrogen (secondary N) is 1. The van der Waals surface area contributed by atoms with Crippen molar-refractivity contribution in [2.24, 2.45) is 0 Å². The molecule has 0 atom stereocenters. The highest BCUT2D eigenvalue weighted by molar-refractivity contribution is 5.90. The smallest absolute Gasteiger partial charge is 0.346 e. The molecule has 31 heavy (non-hydrogen) atoms. The standard InChI is InChI=1S/C22H33N5O4/c1-4-25(5-2)13-14-31-19-15-17(10-11-18(19)30-3)23-21(28)16-27-22(29)26-12-8-6-7-9-20(26)24-27/h10-11,15H,4-9,12-14,16H2,1-3H3,(H,23,28). The molecule has 1 aromatic carbocycles. The number of fused-ring (bicyclic) bond motifs is 1. The monoisotopic (exact) mass is 431 g/mol. The third-order valence-corrected chi connectivity index (χ3v) is 5.58. The first-order valence-corrected chi connectivity index (χ1v) is 11.0. The highest BCUT2D eigenvalue weighted by atomic mass is 16.5. The van der Waals surface area contributed by atoms with Crippen molar-refractivity contribution in [3.63, 3.8) is 0 Å². The van der Waals surface area contributed by atoms with E-state index in [1.54, 1.807) is 29.9 Å². The molecule has 1 N–H and O–H groups in total. The van der Waals surface area contributed by atoms with Crippen LogP contribution in [0.15, 0.2) is 23.0 Å². The van der Waals surface area contributed by atoms with E-state index in [0.29, 0.717) is 30.3 Å². The van der Waals surface area contributed by atoms with Gasteiger partial charge in [0.1, 0.15) is 19.0 Å². The maximum absolute atomic E-state index is 12.6. The summed E-state index contributed by atoms with van der Waals surface area (Å²) in [7, 11) is 1.58. The Balaban J connectivity index is 1.64. The molecule has 170 valence electrons. The van der Waals surface area contributed by atoms with Gasteiger partial charge in [0.05, 0.1) is 7.11 Å². The van der Waals surface area contributed by atoms with Crippen LogP contribution >= 0.6 is 0 Å². The molecule has 0 bridgehead atoms. The quantitative estimate of drug-likeness (QED) is 0.620. The summed E-state index contributed by atoms with van der Waals surface area (Å²) in [5.41, 5.74) is 0.361. The van der Waals surface area contributed by atoms with Crippen molar-refractivity contribution in [1.29, 1.82) is 0 Å². The van der Waals surface area contributed by atoms with Crippen molar-refractivity contribution in [1.82, 2.24) is 19.2 Å². The van der Waals surface area contributed by atoms with Crippen molar-refractivity contribution in [3.8, 4) is 11.5 Å². The molecule has 2 heterocycles. The van der Waals surface area contributed by atoms with E-state index in [1.165, 1.54) is 4.68 Å². The number of methoxy groups -OCH3 is 1. The maximum Gasteiger partial charge on any atom is 0.346 e. The Hall–Kier alpha value is -2.81. The first-order chi connectivity index (χ1) is 15.0. The second-order valence-electron chi connectivity index (χ2n) is 7.61. The third kappa shape index (κ3) is 5.88. The molecule has 0 unspecified atom stereocenters. The average molecular weight is 432 g/mol. The summed E-state index contributed by atoms with van der Waals surface area (Å²) in [5, 5.41) is 7.20. The van der Waals surface area contributed by atoms with Gasteiger partial charge in [0, 0.05) is 31.3 Å². The molecule has 1 aromatic heterocycles. The van der Waals surface area contributed by atoms with E-state index < -0.39 is 0 Å². The van der Waals surface area contributed by atoms with Crippen LogP contribution in [0, 0.1) is 0 Å². The van der Waals surface area contributed by atoms with E-state index >= 15 is 0 Å². The molecule has 2 aromatic rings. The second-order valence-corrected chi connectivity index (χ2v) is 7.61. The maximum atomic E-state index is 12.6. The number of aryl methyl sites for hydroxylation is 1. The van der Waals surface area contributed by atoms with Crippen molar-refractivity contribution < 1.29 is 14.3 Å². The molecule has 0 radical (unpaired) electrons. The summed E-state index contributed by atoms with van der Waals surface area (Å²) >= 11 is 0. The summed E-state index contributed by atoms with van der Waals surface area (Å²) in [6.45, 7) is 8.03. The Labute approximate surface area is 182 Å². The molecule has 1 aliphatic heterocycles. The Morgan fingerprint density at radius 1 is 1.19 bits per heavy atom. The Bertz CT molecular complexity index is 932. The Kier molecular flexibility index (Phi) is 8.11. The largest absolute Gasteiger partial charge is 0.493 e. The zero-order valence-corrected chi connectivity index (χ0v) is 18.7. The van der Waals surface area contributed by atoms with E-state index in [1.807, 2.05) is 0 Å². The van der Waals surface area contributed by atoms with E-state index in [-0.39, 0.29) is 18.1 Å². The lowest BCUT2D eigenvalue weighted by Gasteiger charge is -2.19. The first-order valence-electron chi connectivity index (χ1n) is 11.0. The van der Waals surface area contributed by atoms with Crippen molar-refractivity contribution >= 4 is 11.6 Å². The fourth-order valence-corrected chi connectivity index (χ4v) is 3.76. The number of hydrogen-bond donors (Lipinski definition) is 1. The van der Waals surface area contributed by atoms with Gasteiger partial charge < -0.3 is 19.7 Å². The van der Waals surface area contributed by atoms with Gasteiger partial charge in [-0.2, -0.15) is 5.10 Å². The molecule has 0 saturated carbocycles. The second kappa shape index (κ2) is 11.0. The van der Waals surface area contributed by atoms with Gasteiger partial charge in [-0.3, -0.25) is 9.36 Å². The van der Waals surface area contributed by atoms with Crippen molar-refractivity contribution in [2.75, 3.05) is 38.7 Å². The Morgan fingerprint density at radius 2 is 2.00 bits per heavy atom. The lowest BCUT2D eigenvalue weighted by Crippen LogP contribution is -2.30. The molecular formula is C22H33N5O4. The molecule has 1 aliphatic rings. The van der Waals surface area contributed by atoms with Crippen LogP contribution in [0.25, 0.3) is 0 Å².